The van der Waals surface area contributed by atoms with Crippen LogP contribution in [0.15, 0.2) is 60.7 Å². The number of Topliss-reactive ketones (excluding diaryl/α,β-unsaturated/α-hetero) is 1. The van der Waals surface area contributed by atoms with Crippen LogP contribution in [0.1, 0.15) is 22.7 Å². The maximum atomic E-state index is 12.9. The smallest absolute Gasteiger partial charge is 0.295 e. The molecule has 0 saturated carbocycles. The van der Waals surface area contributed by atoms with Crippen LogP contribution in [0.5, 0.6) is 11.5 Å². The Morgan fingerprint density at radius 1 is 1.14 bits per heavy atom. The van der Waals surface area contributed by atoms with Crippen LogP contribution in [0.3, 0.4) is 0 Å². The predicted octanol–water partition coefficient (Wildman–Crippen LogP) is 3.62. The molecular formula is C23H23NO5. The molecule has 0 unspecified atom stereocenters. The summed E-state index contributed by atoms with van der Waals surface area (Å²) in [5.41, 5.74) is 2.07. The van der Waals surface area contributed by atoms with E-state index in [0.717, 1.165) is 5.56 Å². The fourth-order valence-electron chi connectivity index (χ4n) is 3.44. The number of amides is 1. The molecule has 150 valence electrons. The third kappa shape index (κ3) is 3.61. The highest BCUT2D eigenvalue weighted by atomic mass is 16.5. The van der Waals surface area contributed by atoms with Crippen LogP contribution in [0.2, 0.25) is 0 Å². The second kappa shape index (κ2) is 8.22. The van der Waals surface area contributed by atoms with E-state index in [1.807, 2.05) is 19.1 Å². The first-order valence-corrected chi connectivity index (χ1v) is 9.11. The van der Waals surface area contributed by atoms with E-state index in [4.69, 9.17) is 9.47 Å². The van der Waals surface area contributed by atoms with Gasteiger partial charge in [-0.1, -0.05) is 35.9 Å². The number of aryl methyl sites for hydroxylation is 1. The largest absolute Gasteiger partial charge is 0.507 e. The lowest BCUT2D eigenvalue weighted by Crippen LogP contribution is -2.29. The van der Waals surface area contributed by atoms with Crippen molar-refractivity contribution in [3.63, 3.8) is 0 Å². The summed E-state index contributed by atoms with van der Waals surface area (Å²) in [7, 11) is 3.04. The summed E-state index contributed by atoms with van der Waals surface area (Å²) in [5, 5.41) is 11.0. The number of likely N-dealkylation sites (tertiary alicyclic amines) is 1. The molecule has 0 radical (unpaired) electrons. The van der Waals surface area contributed by atoms with E-state index in [1.54, 1.807) is 36.4 Å². The van der Waals surface area contributed by atoms with E-state index in [1.165, 1.54) is 19.1 Å². The Hall–Kier alpha value is -3.54. The van der Waals surface area contributed by atoms with Crippen molar-refractivity contribution >= 4 is 17.4 Å². The molecule has 1 fully saturated rings. The van der Waals surface area contributed by atoms with Crippen molar-refractivity contribution in [2.75, 3.05) is 20.8 Å². The molecule has 3 rings (SSSR count). The van der Waals surface area contributed by atoms with E-state index in [-0.39, 0.29) is 17.9 Å². The van der Waals surface area contributed by atoms with Crippen molar-refractivity contribution in [3.05, 3.63) is 77.4 Å². The van der Waals surface area contributed by atoms with Gasteiger partial charge in [-0.3, -0.25) is 9.59 Å². The minimum atomic E-state index is -0.810. The highest BCUT2D eigenvalue weighted by Gasteiger charge is 2.46. The summed E-state index contributed by atoms with van der Waals surface area (Å²) in [4.78, 5) is 27.0. The summed E-state index contributed by atoms with van der Waals surface area (Å²) < 4.78 is 10.7. The molecule has 2 aromatic carbocycles. The molecule has 6 nitrogen and oxygen atoms in total. The number of rotatable bonds is 6. The fourth-order valence-corrected chi connectivity index (χ4v) is 3.44. The van der Waals surface area contributed by atoms with Gasteiger partial charge in [-0.25, -0.2) is 0 Å². The summed E-state index contributed by atoms with van der Waals surface area (Å²) in [6.45, 7) is 5.76. The van der Waals surface area contributed by atoms with E-state index in [0.29, 0.717) is 22.6 Å². The Kier molecular flexibility index (Phi) is 5.73. The zero-order chi connectivity index (χ0) is 21.1. The third-order valence-electron chi connectivity index (χ3n) is 4.93. The van der Waals surface area contributed by atoms with Crippen molar-refractivity contribution in [1.82, 2.24) is 4.90 Å². The highest BCUT2D eigenvalue weighted by Crippen LogP contribution is 2.43. The third-order valence-corrected chi connectivity index (χ3v) is 4.93. The van der Waals surface area contributed by atoms with Gasteiger partial charge in [-0.15, -0.1) is 6.58 Å². The first-order valence-electron chi connectivity index (χ1n) is 9.11. The van der Waals surface area contributed by atoms with E-state index in [2.05, 4.69) is 6.58 Å². The highest BCUT2D eigenvalue weighted by molar-refractivity contribution is 6.46. The quantitative estimate of drug-likeness (QED) is 0.351. The van der Waals surface area contributed by atoms with Crippen molar-refractivity contribution in [2.45, 2.75) is 13.0 Å². The van der Waals surface area contributed by atoms with Crippen molar-refractivity contribution in [3.8, 4) is 11.5 Å². The van der Waals surface area contributed by atoms with Crippen LogP contribution in [0, 0.1) is 6.92 Å². The summed E-state index contributed by atoms with van der Waals surface area (Å²) in [5.74, 6) is -0.642. The standard InChI is InChI=1S/C23H23NO5/c1-5-12-24-20(17-11-10-16(28-3)13-18(17)29-4)19(22(26)23(24)27)21(25)15-8-6-14(2)7-9-15/h5-11,13,20,25H,1,12H2,2-4H3/b21-19+/t20-/m0/s1. The molecule has 1 amide bonds. The number of carbonyl (C=O) groups is 2. The minimum absolute atomic E-state index is 0.0177. The first kappa shape index (κ1) is 20.2. The molecule has 1 N–H and O–H groups in total. The lowest BCUT2D eigenvalue weighted by atomic mass is 9.94. The van der Waals surface area contributed by atoms with Gasteiger partial charge < -0.3 is 19.5 Å². The number of carbonyl (C=O) groups excluding carboxylic acids is 2. The summed E-state index contributed by atoms with van der Waals surface area (Å²) >= 11 is 0. The molecule has 29 heavy (non-hydrogen) atoms. The molecule has 0 aromatic heterocycles. The number of benzene rings is 2. The van der Waals surface area contributed by atoms with Crippen LogP contribution in [0.4, 0.5) is 0 Å². The minimum Gasteiger partial charge on any atom is -0.507 e. The monoisotopic (exact) mass is 393 g/mol. The number of ether oxygens (including phenoxy) is 2. The number of hydrogen-bond acceptors (Lipinski definition) is 5. The second-order valence-corrected chi connectivity index (χ2v) is 6.71. The lowest BCUT2D eigenvalue weighted by molar-refractivity contribution is -0.139. The Bertz CT molecular complexity index is 991. The molecular weight excluding hydrogens is 370 g/mol. The number of hydrogen-bond donors (Lipinski definition) is 1. The molecule has 0 spiro atoms. The number of methoxy groups -OCH3 is 2. The van der Waals surface area contributed by atoms with E-state index in [9.17, 15) is 14.7 Å². The van der Waals surface area contributed by atoms with Crippen molar-refractivity contribution in [2.24, 2.45) is 0 Å². The topological polar surface area (TPSA) is 76.1 Å². The maximum absolute atomic E-state index is 12.9. The van der Waals surface area contributed by atoms with Gasteiger partial charge in [0.2, 0.25) is 0 Å². The first-order chi connectivity index (χ1) is 13.9. The van der Waals surface area contributed by atoms with Gasteiger partial charge in [0, 0.05) is 23.7 Å². The van der Waals surface area contributed by atoms with Gasteiger partial charge in [-0.2, -0.15) is 0 Å². The lowest BCUT2D eigenvalue weighted by Gasteiger charge is -2.25. The number of ketones is 1. The van der Waals surface area contributed by atoms with Gasteiger partial charge in [0.15, 0.2) is 0 Å². The zero-order valence-corrected chi connectivity index (χ0v) is 16.6. The van der Waals surface area contributed by atoms with Crippen LogP contribution >= 0.6 is 0 Å². The summed E-state index contributed by atoms with van der Waals surface area (Å²) in [6, 6.07) is 11.4. The average molecular weight is 393 g/mol. The van der Waals surface area contributed by atoms with Gasteiger partial charge in [0.05, 0.1) is 25.8 Å². The van der Waals surface area contributed by atoms with Crippen LogP contribution < -0.4 is 9.47 Å². The number of aliphatic hydroxyl groups is 1. The van der Waals surface area contributed by atoms with Crippen molar-refractivity contribution in [1.29, 1.82) is 0 Å². The Labute approximate surface area is 169 Å². The fraction of sp³-hybridized carbons (Fsp3) is 0.217. The second-order valence-electron chi connectivity index (χ2n) is 6.71. The molecule has 1 heterocycles. The van der Waals surface area contributed by atoms with E-state index >= 15 is 0 Å². The molecule has 1 aliphatic heterocycles. The average Bonchev–Trinajstić information content (AvgIpc) is 2.98. The van der Waals surface area contributed by atoms with Crippen LogP contribution in [0.25, 0.3) is 5.76 Å². The Balaban J connectivity index is 2.24. The normalized spacial score (nSPS) is 18.0. The predicted molar refractivity (Wildman–Crippen MR) is 110 cm³/mol. The van der Waals surface area contributed by atoms with Gasteiger partial charge in [0.25, 0.3) is 11.7 Å². The molecule has 2 aromatic rings. The number of nitrogens with zero attached hydrogens (tertiary/aromatic N) is 1. The zero-order valence-electron chi connectivity index (χ0n) is 16.6. The Morgan fingerprint density at radius 3 is 2.41 bits per heavy atom. The van der Waals surface area contributed by atoms with E-state index < -0.39 is 17.7 Å². The Morgan fingerprint density at radius 2 is 1.83 bits per heavy atom. The maximum Gasteiger partial charge on any atom is 0.295 e. The van der Waals surface area contributed by atoms with Crippen LogP contribution in [-0.2, 0) is 9.59 Å². The molecule has 1 saturated heterocycles. The van der Waals surface area contributed by atoms with Gasteiger partial charge in [0.1, 0.15) is 17.3 Å². The molecule has 0 aliphatic carbocycles. The molecule has 1 aliphatic rings. The molecule has 1 atom stereocenters. The molecule has 0 bridgehead atoms. The molecule has 6 heteroatoms. The summed E-state index contributed by atoms with van der Waals surface area (Å²) in [6.07, 6.45) is 1.54. The van der Waals surface area contributed by atoms with Gasteiger partial charge in [-0.05, 0) is 19.1 Å². The van der Waals surface area contributed by atoms with Gasteiger partial charge >= 0.3 is 0 Å². The number of aliphatic hydroxyl groups excluding tert-OH is 1. The SMILES string of the molecule is C=CCN1C(=O)C(=O)/C(=C(/O)c2ccc(C)cc2)[C@@H]1c1ccc(OC)cc1OC. The van der Waals surface area contributed by atoms with Crippen molar-refractivity contribution < 1.29 is 24.2 Å². The van der Waals surface area contributed by atoms with Crippen LogP contribution in [-0.4, -0.2) is 42.5 Å².